The first-order valence-corrected chi connectivity index (χ1v) is 9.61. The number of hydrogen-bond donors (Lipinski definition) is 0. The highest BCUT2D eigenvalue weighted by Gasteiger charge is 2.03. The minimum absolute atomic E-state index is 0.539. The second-order valence-electron chi connectivity index (χ2n) is 7.08. The maximum Gasteiger partial charge on any atom is 0.119 e. The van der Waals surface area contributed by atoms with Crippen LogP contribution in [0.5, 0.6) is 5.75 Å². The molecule has 0 atom stereocenters. The molecule has 0 amide bonds. The van der Waals surface area contributed by atoms with Crippen molar-refractivity contribution < 1.29 is 4.74 Å². The molecule has 0 heterocycles. The smallest absolute Gasteiger partial charge is 0.119 e. The van der Waals surface area contributed by atoms with Crippen LogP contribution in [-0.2, 0) is 6.61 Å². The Labute approximate surface area is 171 Å². The minimum atomic E-state index is 0.539. The molecule has 0 fully saturated rings. The van der Waals surface area contributed by atoms with Gasteiger partial charge in [-0.2, -0.15) is 5.26 Å². The molecule has 0 aliphatic rings. The van der Waals surface area contributed by atoms with E-state index in [0.717, 1.165) is 27.8 Å². The van der Waals surface area contributed by atoms with Crippen LogP contribution in [-0.4, -0.2) is 0 Å². The number of nitriles is 1. The minimum Gasteiger partial charge on any atom is -0.489 e. The van der Waals surface area contributed by atoms with Crippen molar-refractivity contribution in [2.75, 3.05) is 0 Å². The summed E-state index contributed by atoms with van der Waals surface area (Å²) in [6, 6.07) is 32.7. The Bertz CT molecular complexity index is 1210. The summed E-state index contributed by atoms with van der Waals surface area (Å²) in [7, 11) is 0. The van der Waals surface area contributed by atoms with Gasteiger partial charge in [0.05, 0.1) is 11.6 Å². The van der Waals surface area contributed by atoms with Crippen LogP contribution in [0.1, 0.15) is 22.3 Å². The lowest BCUT2D eigenvalue weighted by Gasteiger charge is -2.07. The second-order valence-corrected chi connectivity index (χ2v) is 7.08. The van der Waals surface area contributed by atoms with Crippen molar-refractivity contribution in [3.63, 3.8) is 0 Å². The van der Waals surface area contributed by atoms with E-state index in [1.54, 1.807) is 0 Å². The number of fused-ring (bicyclic) bond motifs is 1. The van der Waals surface area contributed by atoms with Crippen molar-refractivity contribution in [1.82, 2.24) is 0 Å². The third-order valence-electron chi connectivity index (χ3n) is 4.86. The standard InChI is InChI=1S/C27H21NO/c1-20-5-4-6-22(15-20)19-29-27-13-9-21(10-14-27)16-26(18-28)25-12-11-23-7-2-3-8-24(23)17-25/h2-17H,19H2,1H3/b26-16-. The Balaban J connectivity index is 1.51. The van der Waals surface area contributed by atoms with Crippen molar-refractivity contribution in [3.8, 4) is 11.8 Å². The molecular formula is C27H21NO. The first-order chi connectivity index (χ1) is 14.2. The summed E-state index contributed by atoms with van der Waals surface area (Å²) in [5.74, 6) is 0.813. The molecule has 0 unspecified atom stereocenters. The molecular weight excluding hydrogens is 354 g/mol. The summed E-state index contributed by atoms with van der Waals surface area (Å²) < 4.78 is 5.88. The molecule has 4 rings (SSSR count). The zero-order valence-electron chi connectivity index (χ0n) is 16.3. The van der Waals surface area contributed by atoms with E-state index in [-0.39, 0.29) is 0 Å². The van der Waals surface area contributed by atoms with Gasteiger partial charge in [-0.1, -0.05) is 78.4 Å². The summed E-state index contributed by atoms with van der Waals surface area (Å²) in [4.78, 5) is 0. The lowest BCUT2D eigenvalue weighted by Crippen LogP contribution is -1.95. The van der Waals surface area contributed by atoms with Gasteiger partial charge in [0.2, 0.25) is 0 Å². The number of hydrogen-bond acceptors (Lipinski definition) is 2. The van der Waals surface area contributed by atoms with Gasteiger partial charge < -0.3 is 4.74 Å². The normalized spacial score (nSPS) is 11.2. The monoisotopic (exact) mass is 375 g/mol. The zero-order chi connectivity index (χ0) is 20.1. The molecule has 0 aliphatic heterocycles. The topological polar surface area (TPSA) is 33.0 Å². The lowest BCUT2D eigenvalue weighted by atomic mass is 10.0. The molecule has 0 aromatic heterocycles. The fourth-order valence-corrected chi connectivity index (χ4v) is 3.33. The van der Waals surface area contributed by atoms with E-state index in [9.17, 15) is 5.26 Å². The van der Waals surface area contributed by atoms with Gasteiger partial charge in [-0.25, -0.2) is 0 Å². The largest absolute Gasteiger partial charge is 0.489 e. The SMILES string of the molecule is Cc1cccc(COc2ccc(/C=C(/C#N)c3ccc4ccccc4c3)cc2)c1. The molecule has 2 heteroatoms. The van der Waals surface area contributed by atoms with Crippen molar-refractivity contribution in [1.29, 1.82) is 5.26 Å². The number of allylic oxidation sites excluding steroid dienone is 1. The molecule has 0 N–H and O–H groups in total. The molecule has 0 aliphatic carbocycles. The molecule has 29 heavy (non-hydrogen) atoms. The highest BCUT2D eigenvalue weighted by Crippen LogP contribution is 2.24. The molecule has 2 nitrogen and oxygen atoms in total. The Morgan fingerprint density at radius 3 is 2.41 bits per heavy atom. The van der Waals surface area contributed by atoms with Gasteiger partial charge in [-0.15, -0.1) is 0 Å². The van der Waals surface area contributed by atoms with Crippen LogP contribution in [0.15, 0.2) is 91.0 Å². The van der Waals surface area contributed by atoms with Crippen LogP contribution in [0.4, 0.5) is 0 Å². The molecule has 0 bridgehead atoms. The van der Waals surface area contributed by atoms with Crippen molar-refractivity contribution in [3.05, 3.63) is 113 Å². The fraction of sp³-hybridized carbons (Fsp3) is 0.0741. The van der Waals surface area contributed by atoms with E-state index >= 15 is 0 Å². The van der Waals surface area contributed by atoms with Crippen LogP contribution in [0, 0.1) is 18.3 Å². The van der Waals surface area contributed by atoms with E-state index in [1.165, 1.54) is 10.9 Å². The number of aryl methyl sites for hydroxylation is 1. The molecule has 4 aromatic rings. The number of benzene rings is 4. The predicted molar refractivity (Wildman–Crippen MR) is 119 cm³/mol. The number of ether oxygens (including phenoxy) is 1. The number of rotatable bonds is 5. The Hall–Kier alpha value is -3.83. The Kier molecular flexibility index (Phi) is 5.40. The molecule has 0 spiro atoms. The van der Waals surface area contributed by atoms with Crippen LogP contribution < -0.4 is 4.74 Å². The van der Waals surface area contributed by atoms with Crippen LogP contribution in [0.25, 0.3) is 22.4 Å². The van der Waals surface area contributed by atoms with Gasteiger partial charge in [0.25, 0.3) is 0 Å². The first kappa shape index (κ1) is 18.5. The molecule has 140 valence electrons. The molecule has 0 saturated heterocycles. The van der Waals surface area contributed by atoms with Gasteiger partial charge in [0.15, 0.2) is 0 Å². The average molecular weight is 375 g/mol. The van der Waals surface area contributed by atoms with Gasteiger partial charge in [0, 0.05) is 0 Å². The van der Waals surface area contributed by atoms with Crippen LogP contribution in [0.3, 0.4) is 0 Å². The highest BCUT2D eigenvalue weighted by atomic mass is 16.5. The van der Waals surface area contributed by atoms with Gasteiger partial charge in [0.1, 0.15) is 12.4 Å². The summed E-state index contributed by atoms with van der Waals surface area (Å²) in [6.07, 6.45) is 1.91. The van der Waals surface area contributed by atoms with E-state index in [1.807, 2.05) is 54.6 Å². The highest BCUT2D eigenvalue weighted by molar-refractivity contribution is 5.94. The lowest BCUT2D eigenvalue weighted by molar-refractivity contribution is 0.306. The number of nitrogens with zero attached hydrogens (tertiary/aromatic N) is 1. The van der Waals surface area contributed by atoms with Gasteiger partial charge >= 0.3 is 0 Å². The van der Waals surface area contributed by atoms with Crippen molar-refractivity contribution >= 4 is 22.4 Å². The van der Waals surface area contributed by atoms with E-state index in [4.69, 9.17) is 4.74 Å². The van der Waals surface area contributed by atoms with Gasteiger partial charge in [-0.05, 0) is 58.7 Å². The Morgan fingerprint density at radius 1 is 0.862 bits per heavy atom. The van der Waals surface area contributed by atoms with Gasteiger partial charge in [-0.3, -0.25) is 0 Å². The maximum atomic E-state index is 9.66. The molecule has 4 aromatic carbocycles. The van der Waals surface area contributed by atoms with Crippen LogP contribution >= 0.6 is 0 Å². The predicted octanol–water partition coefficient (Wildman–Crippen LogP) is 6.79. The maximum absolute atomic E-state index is 9.66. The fourth-order valence-electron chi connectivity index (χ4n) is 3.33. The van der Waals surface area contributed by atoms with Crippen molar-refractivity contribution in [2.45, 2.75) is 13.5 Å². The zero-order valence-corrected chi connectivity index (χ0v) is 16.3. The summed E-state index contributed by atoms with van der Waals surface area (Å²) in [6.45, 7) is 2.62. The third-order valence-corrected chi connectivity index (χ3v) is 4.86. The van der Waals surface area contributed by atoms with E-state index in [0.29, 0.717) is 12.2 Å². The summed E-state index contributed by atoms with van der Waals surface area (Å²) >= 11 is 0. The first-order valence-electron chi connectivity index (χ1n) is 9.61. The van der Waals surface area contributed by atoms with E-state index < -0.39 is 0 Å². The van der Waals surface area contributed by atoms with Crippen LogP contribution in [0.2, 0.25) is 0 Å². The second kappa shape index (κ2) is 8.46. The van der Waals surface area contributed by atoms with Crippen molar-refractivity contribution in [2.24, 2.45) is 0 Å². The summed E-state index contributed by atoms with van der Waals surface area (Å²) in [5, 5.41) is 12.0. The third kappa shape index (κ3) is 4.54. The molecule has 0 radical (unpaired) electrons. The Morgan fingerprint density at radius 2 is 1.66 bits per heavy atom. The quantitative estimate of drug-likeness (QED) is 0.284. The van der Waals surface area contributed by atoms with E-state index in [2.05, 4.69) is 55.5 Å². The average Bonchev–Trinajstić information content (AvgIpc) is 2.76. The summed E-state index contributed by atoms with van der Waals surface area (Å²) in [5.41, 5.74) is 4.91. The molecule has 0 saturated carbocycles.